The Balaban J connectivity index is 2.57. The molecule has 1 aliphatic rings. The standard InChI is InChI=1S/C14H31O5PSSi/c1-8-16-20(15,17-9-2)13-19-12(11-21-13)10-18-22(6,7)14(3,4)5/h12-13H,8-11H2,1-7H3/t12-,13-/m1/s1. The van der Waals surface area contributed by atoms with Gasteiger partial charge in [0.1, 0.15) is 0 Å². The molecule has 0 aromatic rings. The third-order valence-corrected chi connectivity index (χ3v) is 12.6. The molecule has 0 bridgehead atoms. The molecular formula is C14H31O5PSSi. The van der Waals surface area contributed by atoms with Crippen molar-refractivity contribution < 1.29 is 22.8 Å². The van der Waals surface area contributed by atoms with Gasteiger partial charge < -0.3 is 18.2 Å². The van der Waals surface area contributed by atoms with Crippen LogP contribution in [0.1, 0.15) is 34.6 Å². The summed E-state index contributed by atoms with van der Waals surface area (Å²) in [6, 6.07) is 0. The number of ether oxygens (including phenoxy) is 1. The highest BCUT2D eigenvalue weighted by molar-refractivity contribution is 8.05. The molecule has 0 aromatic heterocycles. The van der Waals surface area contributed by atoms with E-state index in [1.54, 1.807) is 0 Å². The van der Waals surface area contributed by atoms with E-state index in [-0.39, 0.29) is 11.1 Å². The van der Waals surface area contributed by atoms with Gasteiger partial charge in [-0.1, -0.05) is 20.8 Å². The second-order valence-corrected chi connectivity index (χ2v) is 15.2. The Morgan fingerprint density at radius 1 is 1.23 bits per heavy atom. The number of rotatable bonds is 8. The van der Waals surface area contributed by atoms with E-state index in [9.17, 15) is 4.57 Å². The second kappa shape index (κ2) is 8.14. The maximum Gasteiger partial charge on any atom is 0.369 e. The molecule has 1 saturated heterocycles. The van der Waals surface area contributed by atoms with Gasteiger partial charge in [0, 0.05) is 5.75 Å². The lowest BCUT2D eigenvalue weighted by Gasteiger charge is -2.36. The van der Waals surface area contributed by atoms with Gasteiger partial charge in [0.2, 0.25) is 5.18 Å². The monoisotopic (exact) mass is 370 g/mol. The first-order chi connectivity index (χ1) is 10.1. The van der Waals surface area contributed by atoms with Crippen LogP contribution in [0.5, 0.6) is 0 Å². The summed E-state index contributed by atoms with van der Waals surface area (Å²) in [5, 5.41) is -0.371. The average Bonchev–Trinajstić information content (AvgIpc) is 2.85. The van der Waals surface area contributed by atoms with Crippen molar-refractivity contribution in [2.24, 2.45) is 0 Å². The van der Waals surface area contributed by atoms with Gasteiger partial charge in [0.15, 0.2) is 8.32 Å². The van der Waals surface area contributed by atoms with Crippen LogP contribution in [0.15, 0.2) is 0 Å². The summed E-state index contributed by atoms with van der Waals surface area (Å²) in [6.07, 6.45) is -0.0571. The second-order valence-electron chi connectivity index (χ2n) is 6.85. The molecule has 0 aromatic carbocycles. The largest absolute Gasteiger partial charge is 0.414 e. The van der Waals surface area contributed by atoms with Gasteiger partial charge >= 0.3 is 7.60 Å². The molecule has 1 fully saturated rings. The molecule has 0 saturated carbocycles. The molecule has 22 heavy (non-hydrogen) atoms. The van der Waals surface area contributed by atoms with E-state index in [4.69, 9.17) is 18.2 Å². The molecule has 0 N–H and O–H groups in total. The number of hydrogen-bond acceptors (Lipinski definition) is 6. The maximum atomic E-state index is 12.7. The summed E-state index contributed by atoms with van der Waals surface area (Å²) in [5.41, 5.74) is 0. The Bertz CT molecular complexity index is 389. The van der Waals surface area contributed by atoms with Crippen molar-refractivity contribution >= 4 is 27.7 Å². The van der Waals surface area contributed by atoms with E-state index in [2.05, 4.69) is 33.9 Å². The fraction of sp³-hybridized carbons (Fsp3) is 1.00. The smallest absolute Gasteiger partial charge is 0.369 e. The van der Waals surface area contributed by atoms with Crippen molar-refractivity contribution in [1.82, 2.24) is 0 Å². The molecule has 1 heterocycles. The van der Waals surface area contributed by atoms with E-state index in [1.807, 2.05) is 13.8 Å². The Hall–Kier alpha value is 0.637. The van der Waals surface area contributed by atoms with Crippen LogP contribution in [0.25, 0.3) is 0 Å². The normalized spacial score (nSPS) is 24.0. The lowest BCUT2D eigenvalue weighted by atomic mass is 10.2. The number of thioether (sulfide) groups is 1. The van der Waals surface area contributed by atoms with Crippen molar-refractivity contribution in [3.05, 3.63) is 0 Å². The molecule has 1 aliphatic heterocycles. The summed E-state index contributed by atoms with van der Waals surface area (Å²) in [7, 11) is -5.00. The van der Waals surface area contributed by atoms with E-state index in [0.717, 1.165) is 5.75 Å². The molecule has 132 valence electrons. The molecule has 1 rings (SSSR count). The summed E-state index contributed by atoms with van der Waals surface area (Å²) in [4.78, 5) is 0. The fourth-order valence-electron chi connectivity index (χ4n) is 1.72. The van der Waals surface area contributed by atoms with Crippen LogP contribution >= 0.6 is 19.4 Å². The Kier molecular flexibility index (Phi) is 7.66. The van der Waals surface area contributed by atoms with E-state index < -0.39 is 21.1 Å². The van der Waals surface area contributed by atoms with Crippen LogP contribution in [-0.4, -0.2) is 45.2 Å². The van der Waals surface area contributed by atoms with Crippen LogP contribution in [0, 0.1) is 0 Å². The quantitative estimate of drug-likeness (QED) is 0.456. The zero-order valence-electron chi connectivity index (χ0n) is 14.9. The van der Waals surface area contributed by atoms with Gasteiger partial charge in [0.25, 0.3) is 0 Å². The third kappa shape index (κ3) is 5.33. The predicted molar refractivity (Wildman–Crippen MR) is 95.1 cm³/mol. The Labute approximate surface area is 140 Å². The molecule has 0 spiro atoms. The summed E-state index contributed by atoms with van der Waals surface area (Å²) in [5.74, 6) is 0.753. The molecule has 8 heteroatoms. The highest BCUT2D eigenvalue weighted by atomic mass is 32.2. The van der Waals surface area contributed by atoms with Crippen LogP contribution in [0.2, 0.25) is 18.1 Å². The lowest BCUT2D eigenvalue weighted by Crippen LogP contribution is -2.43. The molecule has 0 radical (unpaired) electrons. The minimum absolute atomic E-state index is 0.0571. The first-order valence-corrected chi connectivity index (χ1v) is 13.4. The molecule has 2 atom stereocenters. The maximum absolute atomic E-state index is 12.7. The van der Waals surface area contributed by atoms with Gasteiger partial charge in [-0.3, -0.25) is 4.57 Å². The van der Waals surface area contributed by atoms with Crippen LogP contribution < -0.4 is 0 Å². The van der Waals surface area contributed by atoms with Crippen molar-refractivity contribution in [3.63, 3.8) is 0 Å². The predicted octanol–water partition coefficient (Wildman–Crippen LogP) is 4.69. The van der Waals surface area contributed by atoms with Gasteiger partial charge in [-0.2, -0.15) is 0 Å². The molecule has 0 unspecified atom stereocenters. The SMILES string of the molecule is CCOP(=O)(OCC)[C@H]1O[C@H](CO[Si](C)(C)C(C)(C)C)CS1. The number of hydrogen-bond donors (Lipinski definition) is 0. The van der Waals surface area contributed by atoms with E-state index >= 15 is 0 Å². The fourth-order valence-corrected chi connectivity index (χ4v) is 6.26. The minimum Gasteiger partial charge on any atom is -0.414 e. The van der Waals surface area contributed by atoms with E-state index in [0.29, 0.717) is 19.8 Å². The summed E-state index contributed by atoms with van der Waals surface area (Å²) < 4.78 is 35.5. The van der Waals surface area contributed by atoms with Crippen molar-refractivity contribution in [2.75, 3.05) is 25.6 Å². The van der Waals surface area contributed by atoms with Crippen LogP contribution in [0.4, 0.5) is 0 Å². The van der Waals surface area contributed by atoms with E-state index in [1.165, 1.54) is 11.8 Å². The van der Waals surface area contributed by atoms with Crippen LogP contribution in [0.3, 0.4) is 0 Å². The summed E-state index contributed by atoms with van der Waals surface area (Å²) in [6.45, 7) is 15.9. The highest BCUT2D eigenvalue weighted by Crippen LogP contribution is 2.59. The molecule has 0 amide bonds. The van der Waals surface area contributed by atoms with Crippen molar-refractivity contribution in [1.29, 1.82) is 0 Å². The molecule has 0 aliphatic carbocycles. The lowest BCUT2D eigenvalue weighted by molar-refractivity contribution is 0.0424. The Morgan fingerprint density at radius 2 is 1.77 bits per heavy atom. The Morgan fingerprint density at radius 3 is 2.23 bits per heavy atom. The first kappa shape index (κ1) is 20.7. The minimum atomic E-state index is -3.20. The molecular weight excluding hydrogens is 339 g/mol. The van der Waals surface area contributed by atoms with Gasteiger partial charge in [0.05, 0.1) is 25.9 Å². The van der Waals surface area contributed by atoms with Crippen LogP contribution in [-0.2, 0) is 22.8 Å². The first-order valence-electron chi connectivity index (χ1n) is 7.85. The zero-order chi connectivity index (χ0) is 17.0. The average molecular weight is 371 g/mol. The topological polar surface area (TPSA) is 54.0 Å². The van der Waals surface area contributed by atoms with Gasteiger partial charge in [-0.15, -0.1) is 11.8 Å². The molecule has 5 nitrogen and oxygen atoms in total. The zero-order valence-corrected chi connectivity index (χ0v) is 17.6. The van der Waals surface area contributed by atoms with Gasteiger partial charge in [-0.05, 0) is 32.0 Å². The third-order valence-electron chi connectivity index (χ3n) is 4.05. The van der Waals surface area contributed by atoms with Crippen molar-refractivity contribution in [3.8, 4) is 0 Å². The van der Waals surface area contributed by atoms with Crippen molar-refractivity contribution in [2.45, 2.75) is 64.0 Å². The summed E-state index contributed by atoms with van der Waals surface area (Å²) >= 11 is 1.50. The highest BCUT2D eigenvalue weighted by Gasteiger charge is 2.44. The van der Waals surface area contributed by atoms with Gasteiger partial charge in [-0.25, -0.2) is 0 Å².